The SMILES string of the molecule is CN(Cc1ccccc1N1CCCCC1)C(=O)Nc1nncs1. The Kier molecular flexibility index (Phi) is 5.07. The Bertz CT molecular complexity index is 640. The predicted octanol–water partition coefficient (Wildman–Crippen LogP) is 3.19. The summed E-state index contributed by atoms with van der Waals surface area (Å²) in [6.07, 6.45) is 3.78. The van der Waals surface area contributed by atoms with Crippen LogP contribution in [0.2, 0.25) is 0 Å². The van der Waals surface area contributed by atoms with E-state index >= 15 is 0 Å². The standard InChI is InChI=1S/C16H21N5OS/c1-20(16(22)18-15-19-17-12-23-15)11-13-7-3-4-8-14(13)21-9-5-2-6-10-21/h3-4,7-8,12H,2,5-6,9-11H2,1H3,(H,18,19,22). The summed E-state index contributed by atoms with van der Waals surface area (Å²) in [6, 6.07) is 8.17. The number of para-hydroxylation sites is 1. The Labute approximate surface area is 140 Å². The average Bonchev–Trinajstić information content (AvgIpc) is 3.09. The number of carbonyl (C=O) groups is 1. The van der Waals surface area contributed by atoms with Gasteiger partial charge < -0.3 is 9.80 Å². The number of nitrogens with zero attached hydrogens (tertiary/aromatic N) is 4. The van der Waals surface area contributed by atoms with Crippen molar-refractivity contribution >= 4 is 28.2 Å². The number of amides is 2. The number of benzene rings is 1. The van der Waals surface area contributed by atoms with E-state index in [1.807, 2.05) is 6.07 Å². The first-order valence-electron chi connectivity index (χ1n) is 7.85. The lowest BCUT2D eigenvalue weighted by molar-refractivity contribution is 0.220. The summed E-state index contributed by atoms with van der Waals surface area (Å²) in [5, 5.41) is 10.8. The van der Waals surface area contributed by atoms with Gasteiger partial charge in [-0.25, -0.2) is 4.79 Å². The molecule has 2 heterocycles. The molecule has 0 radical (unpaired) electrons. The Morgan fingerprint density at radius 3 is 2.83 bits per heavy atom. The van der Waals surface area contributed by atoms with E-state index in [1.165, 1.54) is 41.9 Å². The van der Waals surface area contributed by atoms with Crippen LogP contribution in [0.1, 0.15) is 24.8 Å². The number of urea groups is 1. The van der Waals surface area contributed by atoms with Gasteiger partial charge >= 0.3 is 6.03 Å². The van der Waals surface area contributed by atoms with Crippen LogP contribution >= 0.6 is 11.3 Å². The predicted molar refractivity (Wildman–Crippen MR) is 92.9 cm³/mol. The molecule has 0 saturated carbocycles. The van der Waals surface area contributed by atoms with E-state index in [4.69, 9.17) is 0 Å². The molecule has 7 heteroatoms. The average molecular weight is 331 g/mol. The summed E-state index contributed by atoms with van der Waals surface area (Å²) in [6.45, 7) is 2.76. The molecular weight excluding hydrogens is 310 g/mol. The van der Waals surface area contributed by atoms with Gasteiger partial charge in [-0.1, -0.05) is 29.5 Å². The van der Waals surface area contributed by atoms with Gasteiger partial charge in [-0.05, 0) is 30.9 Å². The highest BCUT2D eigenvalue weighted by Gasteiger charge is 2.17. The zero-order chi connectivity index (χ0) is 16.1. The molecule has 1 N–H and O–H groups in total. The highest BCUT2D eigenvalue weighted by molar-refractivity contribution is 7.13. The first-order chi connectivity index (χ1) is 11.2. The van der Waals surface area contributed by atoms with E-state index in [0.717, 1.165) is 13.1 Å². The van der Waals surface area contributed by atoms with E-state index in [9.17, 15) is 4.79 Å². The van der Waals surface area contributed by atoms with Crippen LogP contribution in [0.5, 0.6) is 0 Å². The molecule has 1 saturated heterocycles. The second kappa shape index (κ2) is 7.41. The number of carbonyl (C=O) groups excluding carboxylic acids is 1. The van der Waals surface area contributed by atoms with Gasteiger partial charge in [0, 0.05) is 32.4 Å². The molecule has 2 aromatic rings. The number of hydrogen-bond donors (Lipinski definition) is 1. The lowest BCUT2D eigenvalue weighted by Crippen LogP contribution is -2.33. The Balaban J connectivity index is 1.68. The molecule has 2 amide bonds. The topological polar surface area (TPSA) is 61.4 Å². The van der Waals surface area contributed by atoms with Crippen LogP contribution in [-0.2, 0) is 6.54 Å². The van der Waals surface area contributed by atoms with E-state index < -0.39 is 0 Å². The fourth-order valence-electron chi connectivity index (χ4n) is 2.83. The van der Waals surface area contributed by atoms with Crippen molar-refractivity contribution in [2.75, 3.05) is 30.4 Å². The summed E-state index contributed by atoms with van der Waals surface area (Å²) < 4.78 is 0. The van der Waals surface area contributed by atoms with Crippen LogP contribution in [-0.4, -0.2) is 41.3 Å². The molecule has 1 aromatic heterocycles. The lowest BCUT2D eigenvalue weighted by atomic mass is 10.1. The highest BCUT2D eigenvalue weighted by Crippen LogP contribution is 2.25. The van der Waals surface area contributed by atoms with Crippen molar-refractivity contribution in [3.05, 3.63) is 35.3 Å². The molecule has 1 aromatic carbocycles. The normalized spacial score (nSPS) is 14.6. The van der Waals surface area contributed by atoms with Gasteiger partial charge in [0.25, 0.3) is 0 Å². The number of aromatic nitrogens is 2. The van der Waals surface area contributed by atoms with E-state index in [-0.39, 0.29) is 6.03 Å². The van der Waals surface area contributed by atoms with E-state index in [0.29, 0.717) is 11.7 Å². The molecule has 1 fully saturated rings. The third-order valence-electron chi connectivity index (χ3n) is 4.02. The minimum absolute atomic E-state index is 0.171. The third kappa shape index (κ3) is 3.98. The lowest BCUT2D eigenvalue weighted by Gasteiger charge is -2.31. The first kappa shape index (κ1) is 15.7. The Hall–Kier alpha value is -2.15. The fourth-order valence-corrected chi connectivity index (χ4v) is 3.26. The van der Waals surface area contributed by atoms with Crippen molar-refractivity contribution in [2.24, 2.45) is 0 Å². The van der Waals surface area contributed by atoms with Crippen LogP contribution in [0.15, 0.2) is 29.8 Å². The molecule has 1 aliphatic heterocycles. The third-order valence-corrected chi connectivity index (χ3v) is 4.62. The summed E-state index contributed by atoms with van der Waals surface area (Å²) in [4.78, 5) is 16.3. The quantitative estimate of drug-likeness (QED) is 0.934. The van der Waals surface area contributed by atoms with Crippen molar-refractivity contribution in [1.29, 1.82) is 0 Å². The summed E-state index contributed by atoms with van der Waals surface area (Å²) in [7, 11) is 1.79. The molecule has 0 unspecified atom stereocenters. The van der Waals surface area contributed by atoms with Crippen LogP contribution in [0.4, 0.5) is 15.6 Å². The first-order valence-corrected chi connectivity index (χ1v) is 8.73. The van der Waals surface area contributed by atoms with E-state index in [1.54, 1.807) is 17.5 Å². The van der Waals surface area contributed by atoms with Gasteiger partial charge in [0.2, 0.25) is 5.13 Å². The molecule has 0 bridgehead atoms. The van der Waals surface area contributed by atoms with E-state index in [2.05, 4.69) is 38.6 Å². The molecule has 23 heavy (non-hydrogen) atoms. The summed E-state index contributed by atoms with van der Waals surface area (Å²) in [5.41, 5.74) is 4.01. The number of piperidine rings is 1. The van der Waals surface area contributed by atoms with Gasteiger partial charge in [0.15, 0.2) is 0 Å². The Morgan fingerprint density at radius 1 is 1.30 bits per heavy atom. The van der Waals surface area contributed by atoms with Crippen LogP contribution in [0, 0.1) is 0 Å². The minimum Gasteiger partial charge on any atom is -0.371 e. The molecule has 3 rings (SSSR count). The molecule has 1 aliphatic rings. The highest BCUT2D eigenvalue weighted by atomic mass is 32.1. The van der Waals surface area contributed by atoms with Crippen LogP contribution in [0.25, 0.3) is 0 Å². The second-order valence-electron chi connectivity index (χ2n) is 5.71. The molecule has 6 nitrogen and oxygen atoms in total. The van der Waals surface area contributed by atoms with Crippen molar-refractivity contribution in [2.45, 2.75) is 25.8 Å². The Morgan fingerprint density at radius 2 is 2.09 bits per heavy atom. The number of rotatable bonds is 4. The zero-order valence-electron chi connectivity index (χ0n) is 13.2. The van der Waals surface area contributed by atoms with Gasteiger partial charge in [0.1, 0.15) is 5.51 Å². The van der Waals surface area contributed by atoms with Gasteiger partial charge in [-0.3, -0.25) is 5.32 Å². The molecule has 0 aliphatic carbocycles. The van der Waals surface area contributed by atoms with Crippen molar-refractivity contribution in [3.8, 4) is 0 Å². The van der Waals surface area contributed by atoms with Crippen LogP contribution < -0.4 is 10.2 Å². The molecule has 0 atom stereocenters. The zero-order valence-corrected chi connectivity index (χ0v) is 14.1. The smallest absolute Gasteiger partial charge is 0.323 e. The van der Waals surface area contributed by atoms with Crippen molar-refractivity contribution in [1.82, 2.24) is 15.1 Å². The van der Waals surface area contributed by atoms with Gasteiger partial charge in [0.05, 0.1) is 0 Å². The van der Waals surface area contributed by atoms with Crippen molar-refractivity contribution in [3.63, 3.8) is 0 Å². The number of anilines is 2. The molecular formula is C16H21N5OS. The number of hydrogen-bond acceptors (Lipinski definition) is 5. The maximum absolute atomic E-state index is 12.2. The molecule has 122 valence electrons. The molecule has 0 spiro atoms. The largest absolute Gasteiger partial charge is 0.371 e. The van der Waals surface area contributed by atoms with Crippen molar-refractivity contribution < 1.29 is 4.79 Å². The monoisotopic (exact) mass is 331 g/mol. The maximum atomic E-state index is 12.2. The van der Waals surface area contributed by atoms with Crippen LogP contribution in [0.3, 0.4) is 0 Å². The second-order valence-corrected chi connectivity index (χ2v) is 6.54. The maximum Gasteiger partial charge on any atom is 0.323 e. The van der Waals surface area contributed by atoms with Gasteiger partial charge in [-0.2, -0.15) is 0 Å². The summed E-state index contributed by atoms with van der Waals surface area (Å²) in [5.74, 6) is 0. The minimum atomic E-state index is -0.171. The number of nitrogens with one attached hydrogen (secondary N) is 1. The van der Waals surface area contributed by atoms with Gasteiger partial charge in [-0.15, -0.1) is 10.2 Å². The fraction of sp³-hybridized carbons (Fsp3) is 0.438. The summed E-state index contributed by atoms with van der Waals surface area (Å²) >= 11 is 1.31.